The lowest BCUT2D eigenvalue weighted by atomic mass is 9.95. The van der Waals surface area contributed by atoms with Crippen molar-refractivity contribution in [3.63, 3.8) is 0 Å². The molecule has 0 fully saturated rings. The molecule has 0 unspecified atom stereocenters. The fourth-order valence-electron chi connectivity index (χ4n) is 2.34. The molecule has 2 aromatic carbocycles. The number of esters is 1. The molecule has 7 heteroatoms. The first-order valence-electron chi connectivity index (χ1n) is 8.69. The van der Waals surface area contributed by atoms with Gasteiger partial charge in [0.1, 0.15) is 0 Å². The van der Waals surface area contributed by atoms with E-state index in [9.17, 15) is 14.4 Å². The molecule has 0 radical (unpaired) electrons. The Labute approximate surface area is 166 Å². The number of ketones is 1. The van der Waals surface area contributed by atoms with Crippen molar-refractivity contribution in [3.05, 3.63) is 59.1 Å². The van der Waals surface area contributed by atoms with Crippen LogP contribution in [0.25, 0.3) is 10.2 Å². The van der Waals surface area contributed by atoms with Gasteiger partial charge in [-0.05, 0) is 42.5 Å². The van der Waals surface area contributed by atoms with Gasteiger partial charge in [-0.25, -0.2) is 9.78 Å². The van der Waals surface area contributed by atoms with E-state index in [1.165, 1.54) is 11.3 Å². The van der Waals surface area contributed by atoms with Crippen LogP contribution < -0.4 is 5.32 Å². The maximum Gasteiger partial charge on any atom is 0.338 e. The van der Waals surface area contributed by atoms with E-state index in [4.69, 9.17) is 4.74 Å². The minimum Gasteiger partial charge on any atom is -0.454 e. The summed E-state index contributed by atoms with van der Waals surface area (Å²) in [4.78, 5) is 40.6. The quantitative estimate of drug-likeness (QED) is 0.513. The molecule has 0 aliphatic carbocycles. The van der Waals surface area contributed by atoms with E-state index in [1.54, 1.807) is 48.0 Å². The number of benzene rings is 2. The van der Waals surface area contributed by atoms with E-state index in [1.807, 2.05) is 20.8 Å². The Hall–Kier alpha value is -3.06. The normalized spacial score (nSPS) is 11.2. The van der Waals surface area contributed by atoms with E-state index in [-0.39, 0.29) is 18.3 Å². The molecule has 0 aliphatic rings. The SMILES string of the molecule is CC(C)(C)C(=O)Nc1ccc(C(=O)COC(=O)c2ccc3ncsc3c2)cc1. The summed E-state index contributed by atoms with van der Waals surface area (Å²) in [6, 6.07) is 11.6. The maximum absolute atomic E-state index is 12.3. The minimum atomic E-state index is -0.558. The molecule has 0 saturated heterocycles. The number of rotatable bonds is 5. The summed E-state index contributed by atoms with van der Waals surface area (Å²) in [5, 5.41) is 2.79. The van der Waals surface area contributed by atoms with Crippen molar-refractivity contribution >= 4 is 44.9 Å². The third-order valence-corrected chi connectivity index (χ3v) is 4.84. The molecule has 6 nitrogen and oxygen atoms in total. The first kappa shape index (κ1) is 19.7. The smallest absolute Gasteiger partial charge is 0.338 e. The molecule has 0 atom stereocenters. The third-order valence-electron chi connectivity index (χ3n) is 4.05. The van der Waals surface area contributed by atoms with Gasteiger partial charge in [-0.15, -0.1) is 11.3 Å². The van der Waals surface area contributed by atoms with Crippen LogP contribution in [0.15, 0.2) is 48.0 Å². The Bertz CT molecular complexity index is 1030. The van der Waals surface area contributed by atoms with Gasteiger partial charge >= 0.3 is 5.97 Å². The lowest BCUT2D eigenvalue weighted by Gasteiger charge is -2.17. The van der Waals surface area contributed by atoms with E-state index < -0.39 is 11.4 Å². The first-order valence-corrected chi connectivity index (χ1v) is 9.57. The average Bonchev–Trinajstić information content (AvgIpc) is 3.13. The molecule has 28 heavy (non-hydrogen) atoms. The predicted molar refractivity (Wildman–Crippen MR) is 109 cm³/mol. The van der Waals surface area contributed by atoms with Gasteiger partial charge in [-0.3, -0.25) is 9.59 Å². The fourth-order valence-corrected chi connectivity index (χ4v) is 3.05. The summed E-state index contributed by atoms with van der Waals surface area (Å²) >= 11 is 1.43. The number of amides is 1. The highest BCUT2D eigenvalue weighted by Gasteiger charge is 2.21. The molecule has 0 aliphatic heterocycles. The summed E-state index contributed by atoms with van der Waals surface area (Å²) in [5.74, 6) is -0.989. The van der Waals surface area contributed by atoms with Crippen LogP contribution in [-0.4, -0.2) is 29.3 Å². The number of anilines is 1. The number of ether oxygens (including phenoxy) is 1. The van der Waals surface area contributed by atoms with E-state index in [0.717, 1.165) is 10.2 Å². The van der Waals surface area contributed by atoms with Gasteiger partial charge in [-0.2, -0.15) is 0 Å². The van der Waals surface area contributed by atoms with Crippen LogP contribution in [0, 0.1) is 5.41 Å². The molecule has 1 heterocycles. The lowest BCUT2D eigenvalue weighted by molar-refractivity contribution is -0.123. The number of thiazole rings is 1. The van der Waals surface area contributed by atoms with Crippen LogP contribution in [0.1, 0.15) is 41.5 Å². The monoisotopic (exact) mass is 396 g/mol. The van der Waals surface area contributed by atoms with Crippen LogP contribution in [0.4, 0.5) is 5.69 Å². The van der Waals surface area contributed by atoms with Crippen molar-refractivity contribution in [2.24, 2.45) is 5.41 Å². The van der Waals surface area contributed by atoms with Gasteiger partial charge < -0.3 is 10.1 Å². The summed E-state index contributed by atoms with van der Waals surface area (Å²) in [5.41, 5.74) is 3.40. The molecular formula is C21H20N2O4S. The molecule has 3 aromatic rings. The molecule has 0 spiro atoms. The van der Waals surface area contributed by atoms with E-state index in [2.05, 4.69) is 10.3 Å². The molecular weight excluding hydrogens is 376 g/mol. The number of nitrogens with one attached hydrogen (secondary N) is 1. The zero-order chi connectivity index (χ0) is 20.3. The van der Waals surface area contributed by atoms with E-state index >= 15 is 0 Å². The van der Waals surface area contributed by atoms with Crippen molar-refractivity contribution in [3.8, 4) is 0 Å². The second-order valence-electron chi connectivity index (χ2n) is 7.32. The van der Waals surface area contributed by atoms with Crippen LogP contribution >= 0.6 is 11.3 Å². The third kappa shape index (κ3) is 4.61. The Balaban J connectivity index is 1.58. The molecule has 3 rings (SSSR count). The second-order valence-corrected chi connectivity index (χ2v) is 8.20. The highest BCUT2D eigenvalue weighted by molar-refractivity contribution is 7.16. The van der Waals surface area contributed by atoms with Gasteiger partial charge in [0.15, 0.2) is 12.4 Å². The van der Waals surface area contributed by atoms with Crippen LogP contribution in [0.5, 0.6) is 0 Å². The standard InChI is InChI=1S/C21H20N2O4S/c1-21(2,3)20(26)23-15-7-4-13(5-8-15)17(24)11-27-19(25)14-6-9-16-18(10-14)28-12-22-16/h4-10,12H,11H2,1-3H3,(H,23,26). The number of hydrogen-bond donors (Lipinski definition) is 1. The molecule has 1 aromatic heterocycles. The van der Waals surface area contributed by atoms with Crippen molar-refractivity contribution in [1.82, 2.24) is 4.98 Å². The topological polar surface area (TPSA) is 85.4 Å². The highest BCUT2D eigenvalue weighted by Crippen LogP contribution is 2.20. The summed E-state index contributed by atoms with van der Waals surface area (Å²) < 4.78 is 6.02. The molecule has 144 valence electrons. The van der Waals surface area contributed by atoms with Gasteiger partial charge in [0.2, 0.25) is 5.91 Å². The summed E-state index contributed by atoms with van der Waals surface area (Å²) in [6.07, 6.45) is 0. The molecule has 0 saturated carbocycles. The zero-order valence-electron chi connectivity index (χ0n) is 15.8. The Morgan fingerprint density at radius 3 is 2.39 bits per heavy atom. The number of fused-ring (bicyclic) bond motifs is 1. The van der Waals surface area contributed by atoms with Gasteiger partial charge in [0, 0.05) is 16.7 Å². The largest absolute Gasteiger partial charge is 0.454 e. The predicted octanol–water partition coefficient (Wildman–Crippen LogP) is 4.32. The Morgan fingerprint density at radius 2 is 1.71 bits per heavy atom. The second kappa shape index (κ2) is 7.90. The summed E-state index contributed by atoms with van der Waals surface area (Å²) in [7, 11) is 0. The molecule has 1 N–H and O–H groups in total. The number of carbonyl (C=O) groups excluding carboxylic acids is 3. The number of hydrogen-bond acceptors (Lipinski definition) is 6. The number of carbonyl (C=O) groups is 3. The van der Waals surface area contributed by atoms with Gasteiger partial charge in [0.25, 0.3) is 0 Å². The van der Waals surface area contributed by atoms with Crippen molar-refractivity contribution < 1.29 is 19.1 Å². The van der Waals surface area contributed by atoms with Gasteiger partial charge in [-0.1, -0.05) is 20.8 Å². The van der Waals surface area contributed by atoms with Crippen LogP contribution in [-0.2, 0) is 9.53 Å². The van der Waals surface area contributed by atoms with Crippen molar-refractivity contribution in [2.45, 2.75) is 20.8 Å². The number of aromatic nitrogens is 1. The van der Waals surface area contributed by atoms with Crippen LogP contribution in [0.2, 0.25) is 0 Å². The Morgan fingerprint density at radius 1 is 1.04 bits per heavy atom. The van der Waals surface area contributed by atoms with Crippen LogP contribution in [0.3, 0.4) is 0 Å². The minimum absolute atomic E-state index is 0.113. The van der Waals surface area contributed by atoms with Gasteiger partial charge in [0.05, 0.1) is 21.3 Å². The zero-order valence-corrected chi connectivity index (χ0v) is 16.6. The maximum atomic E-state index is 12.3. The van der Waals surface area contributed by atoms with Crippen molar-refractivity contribution in [2.75, 3.05) is 11.9 Å². The fraction of sp³-hybridized carbons (Fsp3) is 0.238. The van der Waals surface area contributed by atoms with E-state index in [0.29, 0.717) is 16.8 Å². The van der Waals surface area contributed by atoms with Crippen molar-refractivity contribution in [1.29, 1.82) is 0 Å². The molecule has 1 amide bonds. The number of nitrogens with zero attached hydrogens (tertiary/aromatic N) is 1. The summed E-state index contributed by atoms with van der Waals surface area (Å²) in [6.45, 7) is 5.11. The Kier molecular flexibility index (Phi) is 5.56. The number of Topliss-reactive ketones (excluding diaryl/α,β-unsaturated/α-hetero) is 1. The molecule has 0 bridgehead atoms. The highest BCUT2D eigenvalue weighted by atomic mass is 32.1. The first-order chi connectivity index (χ1) is 13.2. The lowest BCUT2D eigenvalue weighted by Crippen LogP contribution is -2.27. The average molecular weight is 396 g/mol.